The van der Waals surface area contributed by atoms with Gasteiger partial charge in [-0.25, -0.2) is 9.13 Å². The highest BCUT2D eigenvalue weighted by molar-refractivity contribution is 5.63. The van der Waals surface area contributed by atoms with E-state index in [4.69, 9.17) is 0 Å². The summed E-state index contributed by atoms with van der Waals surface area (Å²) < 4.78 is 4.42. The number of rotatable bonds is 2. The fourth-order valence-electron chi connectivity index (χ4n) is 2.54. The van der Waals surface area contributed by atoms with E-state index in [-0.39, 0.29) is 0 Å². The summed E-state index contributed by atoms with van der Waals surface area (Å²) in [5.74, 6) is 1.21. The van der Waals surface area contributed by atoms with Gasteiger partial charge in [-0.05, 0) is 12.1 Å². The predicted octanol–water partition coefficient (Wildman–Crippen LogP) is 3.18. The third-order valence-corrected chi connectivity index (χ3v) is 3.43. The van der Waals surface area contributed by atoms with E-state index in [0.717, 1.165) is 0 Å². The molecule has 2 aromatic carbocycles. The van der Waals surface area contributed by atoms with Crippen LogP contribution in [0.3, 0.4) is 0 Å². The number of aryl methyl sites for hydroxylation is 1. The van der Waals surface area contributed by atoms with Crippen LogP contribution in [0, 0.1) is 0 Å². The Morgan fingerprint density at radius 1 is 0.789 bits per heavy atom. The number of benzene rings is 2. The number of imidazole rings is 1. The van der Waals surface area contributed by atoms with Gasteiger partial charge in [0.25, 0.3) is 5.82 Å². The van der Waals surface area contributed by atoms with Crippen LogP contribution in [0.25, 0.3) is 22.6 Å². The topological polar surface area (TPSA) is 8.81 Å². The molecule has 0 aliphatic heterocycles. The molecule has 1 heterocycles. The highest BCUT2D eigenvalue weighted by Crippen LogP contribution is 2.23. The molecule has 0 bridgehead atoms. The molecule has 0 aliphatic carbocycles. The summed E-state index contributed by atoms with van der Waals surface area (Å²) in [6.07, 6.45) is 2.18. The van der Waals surface area contributed by atoms with Crippen LogP contribution >= 0.6 is 0 Å². The number of hydrogen-bond acceptors (Lipinski definition) is 0. The Labute approximate surface area is 113 Å². The third-order valence-electron chi connectivity index (χ3n) is 3.43. The molecule has 19 heavy (non-hydrogen) atoms. The van der Waals surface area contributed by atoms with E-state index in [1.807, 2.05) is 12.1 Å². The van der Waals surface area contributed by atoms with Crippen molar-refractivity contribution in [3.05, 3.63) is 66.9 Å². The summed E-state index contributed by atoms with van der Waals surface area (Å²) >= 11 is 0. The first kappa shape index (κ1) is 11.7. The molecule has 0 atom stereocenters. The molecule has 94 valence electrons. The van der Waals surface area contributed by atoms with Crippen molar-refractivity contribution in [3.63, 3.8) is 0 Å². The van der Waals surface area contributed by atoms with Crippen molar-refractivity contribution in [2.24, 2.45) is 14.1 Å². The fourth-order valence-corrected chi connectivity index (χ4v) is 2.54. The van der Waals surface area contributed by atoms with E-state index in [9.17, 15) is 0 Å². The maximum Gasteiger partial charge on any atom is 0.288 e. The van der Waals surface area contributed by atoms with Crippen molar-refractivity contribution in [2.45, 2.75) is 0 Å². The fraction of sp³-hybridized carbons (Fsp3) is 0.118. The summed E-state index contributed by atoms with van der Waals surface area (Å²) in [5, 5.41) is 0. The zero-order chi connectivity index (χ0) is 13.2. The van der Waals surface area contributed by atoms with E-state index < -0.39 is 0 Å². The van der Waals surface area contributed by atoms with Gasteiger partial charge in [-0.15, -0.1) is 0 Å². The van der Waals surface area contributed by atoms with Crippen molar-refractivity contribution in [2.75, 3.05) is 0 Å². The molecule has 0 spiro atoms. The number of hydrogen-bond donors (Lipinski definition) is 0. The Balaban J connectivity index is 2.17. The zero-order valence-electron chi connectivity index (χ0n) is 11.2. The number of nitrogens with zero attached hydrogens (tertiary/aromatic N) is 2. The first-order valence-electron chi connectivity index (χ1n) is 6.43. The van der Waals surface area contributed by atoms with Crippen LogP contribution in [0.4, 0.5) is 0 Å². The van der Waals surface area contributed by atoms with Gasteiger partial charge in [-0.1, -0.05) is 48.5 Å². The van der Waals surface area contributed by atoms with Gasteiger partial charge in [0.1, 0.15) is 6.20 Å². The Morgan fingerprint density at radius 3 is 1.89 bits per heavy atom. The molecule has 2 nitrogen and oxygen atoms in total. The predicted molar refractivity (Wildman–Crippen MR) is 77.5 cm³/mol. The standard InChI is InChI=1S/C17H17N2/c1-18-13-16(14-9-5-3-6-10-14)19(2)17(18)15-11-7-4-8-12-15/h3-13H,1-2H3/q+1. The quantitative estimate of drug-likeness (QED) is 0.617. The van der Waals surface area contributed by atoms with Gasteiger partial charge in [0.2, 0.25) is 0 Å². The van der Waals surface area contributed by atoms with Crippen LogP contribution in [0.1, 0.15) is 0 Å². The molecule has 0 N–H and O–H groups in total. The maximum atomic E-state index is 2.24. The first-order chi connectivity index (χ1) is 9.27. The summed E-state index contributed by atoms with van der Waals surface area (Å²) in [6.45, 7) is 0. The van der Waals surface area contributed by atoms with E-state index in [0.29, 0.717) is 0 Å². The second-order valence-electron chi connectivity index (χ2n) is 4.74. The molecule has 0 saturated carbocycles. The molecule has 0 fully saturated rings. The minimum Gasteiger partial charge on any atom is -0.232 e. The zero-order valence-corrected chi connectivity index (χ0v) is 11.2. The molecule has 2 heteroatoms. The maximum absolute atomic E-state index is 2.24. The average molecular weight is 249 g/mol. The lowest BCUT2D eigenvalue weighted by Crippen LogP contribution is -2.28. The molecule has 0 aliphatic rings. The van der Waals surface area contributed by atoms with Crippen molar-refractivity contribution in [3.8, 4) is 22.6 Å². The molecular formula is C17H17N2+. The van der Waals surface area contributed by atoms with Crippen LogP contribution in [-0.2, 0) is 14.1 Å². The van der Waals surface area contributed by atoms with E-state index in [2.05, 4.69) is 78.0 Å². The van der Waals surface area contributed by atoms with Gasteiger partial charge in [-0.2, -0.15) is 0 Å². The van der Waals surface area contributed by atoms with Crippen LogP contribution in [-0.4, -0.2) is 4.57 Å². The van der Waals surface area contributed by atoms with Gasteiger partial charge >= 0.3 is 0 Å². The van der Waals surface area contributed by atoms with Crippen molar-refractivity contribution < 1.29 is 4.57 Å². The average Bonchev–Trinajstić information content (AvgIpc) is 2.76. The first-order valence-corrected chi connectivity index (χ1v) is 6.43. The normalized spacial score (nSPS) is 10.6. The molecular weight excluding hydrogens is 232 g/mol. The smallest absolute Gasteiger partial charge is 0.232 e. The molecule has 0 amide bonds. The monoisotopic (exact) mass is 249 g/mol. The Hall–Kier alpha value is -2.35. The molecule has 0 radical (unpaired) electrons. The van der Waals surface area contributed by atoms with Crippen LogP contribution < -0.4 is 4.57 Å². The van der Waals surface area contributed by atoms with E-state index in [1.54, 1.807) is 0 Å². The van der Waals surface area contributed by atoms with Gasteiger partial charge in [0.15, 0.2) is 5.69 Å². The van der Waals surface area contributed by atoms with Gasteiger partial charge in [0, 0.05) is 5.56 Å². The van der Waals surface area contributed by atoms with Crippen LogP contribution in [0.5, 0.6) is 0 Å². The number of aromatic nitrogens is 2. The molecule has 3 aromatic rings. The Bertz CT molecular complexity index is 682. The van der Waals surface area contributed by atoms with Gasteiger partial charge in [-0.3, -0.25) is 0 Å². The summed E-state index contributed by atoms with van der Waals surface area (Å²) in [6, 6.07) is 21.0. The lowest BCUT2D eigenvalue weighted by Gasteiger charge is -2.00. The lowest BCUT2D eigenvalue weighted by atomic mass is 10.1. The highest BCUT2D eigenvalue weighted by atomic mass is 15.1. The van der Waals surface area contributed by atoms with Crippen LogP contribution in [0.15, 0.2) is 66.9 Å². The summed E-state index contributed by atoms with van der Waals surface area (Å²) in [4.78, 5) is 0. The molecule has 1 aromatic heterocycles. The van der Waals surface area contributed by atoms with Crippen molar-refractivity contribution >= 4 is 0 Å². The van der Waals surface area contributed by atoms with Crippen molar-refractivity contribution in [1.82, 2.24) is 4.57 Å². The molecule has 3 rings (SSSR count). The largest absolute Gasteiger partial charge is 0.288 e. The lowest BCUT2D eigenvalue weighted by molar-refractivity contribution is -0.659. The molecule has 0 unspecified atom stereocenters. The van der Waals surface area contributed by atoms with Crippen molar-refractivity contribution in [1.29, 1.82) is 0 Å². The summed E-state index contributed by atoms with van der Waals surface area (Å²) in [5.41, 5.74) is 3.69. The molecule has 0 saturated heterocycles. The summed E-state index contributed by atoms with van der Waals surface area (Å²) in [7, 11) is 4.21. The van der Waals surface area contributed by atoms with E-state index >= 15 is 0 Å². The minimum absolute atomic E-state index is 1.21. The highest BCUT2D eigenvalue weighted by Gasteiger charge is 2.20. The minimum atomic E-state index is 1.21. The second kappa shape index (κ2) is 4.73. The SMILES string of the molecule is Cn1c(-c2ccccc2)c[n+](C)c1-c1ccccc1. The van der Waals surface area contributed by atoms with Gasteiger partial charge < -0.3 is 0 Å². The van der Waals surface area contributed by atoms with Crippen LogP contribution in [0.2, 0.25) is 0 Å². The second-order valence-corrected chi connectivity index (χ2v) is 4.74. The van der Waals surface area contributed by atoms with Gasteiger partial charge in [0.05, 0.1) is 19.7 Å². The Morgan fingerprint density at radius 2 is 1.32 bits per heavy atom. The Kier molecular flexibility index (Phi) is 2.92. The van der Waals surface area contributed by atoms with E-state index in [1.165, 1.54) is 22.6 Å². The third kappa shape index (κ3) is 2.06.